The van der Waals surface area contributed by atoms with Crippen LogP contribution in [0.5, 0.6) is 0 Å². The first kappa shape index (κ1) is 14.5. The number of hydrogen-bond acceptors (Lipinski definition) is 3. The Morgan fingerprint density at radius 2 is 2.05 bits per heavy atom. The van der Waals surface area contributed by atoms with E-state index in [0.29, 0.717) is 11.3 Å². The summed E-state index contributed by atoms with van der Waals surface area (Å²) in [6.07, 6.45) is 0. The van der Waals surface area contributed by atoms with Crippen LogP contribution < -0.4 is 0 Å². The fourth-order valence-corrected chi connectivity index (χ4v) is 2.10. The molecule has 0 spiro atoms. The van der Waals surface area contributed by atoms with Gasteiger partial charge in [0.05, 0.1) is 29.4 Å². The van der Waals surface area contributed by atoms with Crippen molar-refractivity contribution in [3.8, 4) is 0 Å². The third-order valence-corrected chi connectivity index (χ3v) is 3.64. The van der Waals surface area contributed by atoms with Crippen molar-refractivity contribution >= 4 is 16.8 Å². The molecule has 0 saturated heterocycles. The van der Waals surface area contributed by atoms with Crippen LogP contribution in [0.1, 0.15) is 28.5 Å². The zero-order chi connectivity index (χ0) is 14.9. The maximum Gasteiger partial charge on any atom is 0.255 e. The van der Waals surface area contributed by atoms with Gasteiger partial charge in [-0.05, 0) is 38.5 Å². The van der Waals surface area contributed by atoms with E-state index in [1.807, 2.05) is 45.0 Å². The van der Waals surface area contributed by atoms with Gasteiger partial charge in [-0.25, -0.2) is 0 Å². The fraction of sp³-hybridized carbons (Fsp3) is 0.375. The lowest BCUT2D eigenvalue weighted by molar-refractivity contribution is 0.0681. The van der Waals surface area contributed by atoms with Crippen LogP contribution in [0.4, 0.5) is 0 Å². The van der Waals surface area contributed by atoms with E-state index < -0.39 is 0 Å². The molecule has 1 heterocycles. The molecule has 1 unspecified atom stereocenters. The Hall–Kier alpha value is -1.94. The highest BCUT2D eigenvalue weighted by molar-refractivity contribution is 5.98. The van der Waals surface area contributed by atoms with Crippen LogP contribution >= 0.6 is 0 Å². The van der Waals surface area contributed by atoms with Crippen LogP contribution in [0.25, 0.3) is 10.9 Å². The Labute approximate surface area is 119 Å². The summed E-state index contributed by atoms with van der Waals surface area (Å²) in [5, 5.41) is 10.1. The van der Waals surface area contributed by atoms with E-state index in [0.717, 1.165) is 16.5 Å². The standard InChI is InChI=1S/C16H20N2O2/c1-10-5-6-13-8-14(12(3)17-15(13)7-10)16(20)18(4)11(2)9-19/h5-8,11,19H,9H2,1-4H3. The van der Waals surface area contributed by atoms with Crippen molar-refractivity contribution in [2.24, 2.45) is 0 Å². The average molecular weight is 272 g/mol. The second-order valence-electron chi connectivity index (χ2n) is 5.27. The van der Waals surface area contributed by atoms with Crippen LogP contribution in [0, 0.1) is 13.8 Å². The first-order chi connectivity index (χ1) is 9.43. The maximum absolute atomic E-state index is 12.5. The number of rotatable bonds is 3. The lowest BCUT2D eigenvalue weighted by Gasteiger charge is -2.23. The van der Waals surface area contributed by atoms with E-state index in [1.54, 1.807) is 11.9 Å². The van der Waals surface area contributed by atoms with Gasteiger partial charge in [0.1, 0.15) is 0 Å². The smallest absolute Gasteiger partial charge is 0.255 e. The van der Waals surface area contributed by atoms with Crippen molar-refractivity contribution in [3.63, 3.8) is 0 Å². The summed E-state index contributed by atoms with van der Waals surface area (Å²) in [5.41, 5.74) is 3.35. The van der Waals surface area contributed by atoms with Crippen molar-refractivity contribution in [2.75, 3.05) is 13.7 Å². The highest BCUT2D eigenvalue weighted by atomic mass is 16.3. The number of aryl methyl sites for hydroxylation is 2. The molecule has 20 heavy (non-hydrogen) atoms. The van der Waals surface area contributed by atoms with Gasteiger partial charge in [-0.1, -0.05) is 12.1 Å². The second-order valence-corrected chi connectivity index (χ2v) is 5.27. The molecule has 106 valence electrons. The molecule has 2 rings (SSSR count). The number of amides is 1. The quantitative estimate of drug-likeness (QED) is 0.932. The number of aliphatic hydroxyl groups is 1. The van der Waals surface area contributed by atoms with Gasteiger partial charge in [-0.3, -0.25) is 9.78 Å². The first-order valence-electron chi connectivity index (χ1n) is 6.70. The molecule has 0 aliphatic carbocycles. The lowest BCUT2D eigenvalue weighted by atomic mass is 10.1. The highest BCUT2D eigenvalue weighted by Gasteiger charge is 2.19. The topological polar surface area (TPSA) is 53.4 Å². The third kappa shape index (κ3) is 2.65. The predicted molar refractivity (Wildman–Crippen MR) is 79.9 cm³/mol. The van der Waals surface area contributed by atoms with E-state index in [2.05, 4.69) is 4.98 Å². The summed E-state index contributed by atoms with van der Waals surface area (Å²) in [7, 11) is 1.70. The summed E-state index contributed by atoms with van der Waals surface area (Å²) in [5.74, 6) is -0.112. The van der Waals surface area contributed by atoms with Crippen LogP contribution in [-0.4, -0.2) is 40.6 Å². The Morgan fingerprint density at radius 3 is 2.70 bits per heavy atom. The number of aromatic nitrogens is 1. The Morgan fingerprint density at radius 1 is 1.35 bits per heavy atom. The Bertz CT molecular complexity index is 652. The molecule has 1 aromatic carbocycles. The SMILES string of the molecule is Cc1ccc2cc(C(=O)N(C)C(C)CO)c(C)nc2c1. The Kier molecular flexibility index (Phi) is 4.04. The molecule has 2 aromatic rings. The van der Waals surface area contributed by atoms with E-state index in [-0.39, 0.29) is 18.6 Å². The maximum atomic E-state index is 12.5. The monoisotopic (exact) mass is 272 g/mol. The molecule has 4 nitrogen and oxygen atoms in total. The summed E-state index contributed by atoms with van der Waals surface area (Å²) < 4.78 is 0. The number of likely N-dealkylation sites (N-methyl/N-ethyl adjacent to an activating group) is 1. The predicted octanol–water partition coefficient (Wildman–Crippen LogP) is 2.30. The van der Waals surface area contributed by atoms with Crippen molar-refractivity contribution in [1.82, 2.24) is 9.88 Å². The van der Waals surface area contributed by atoms with E-state index in [4.69, 9.17) is 5.11 Å². The third-order valence-electron chi connectivity index (χ3n) is 3.64. The number of aliphatic hydroxyl groups excluding tert-OH is 1. The molecule has 1 atom stereocenters. The zero-order valence-corrected chi connectivity index (χ0v) is 12.3. The van der Waals surface area contributed by atoms with Crippen LogP contribution in [0.3, 0.4) is 0 Å². The number of carbonyl (C=O) groups is 1. The fourth-order valence-electron chi connectivity index (χ4n) is 2.10. The number of carbonyl (C=O) groups excluding carboxylic acids is 1. The molecule has 0 aliphatic rings. The summed E-state index contributed by atoms with van der Waals surface area (Å²) >= 11 is 0. The van der Waals surface area contributed by atoms with Gasteiger partial charge < -0.3 is 10.0 Å². The largest absolute Gasteiger partial charge is 0.394 e. The number of nitrogens with zero attached hydrogens (tertiary/aromatic N) is 2. The molecule has 1 N–H and O–H groups in total. The minimum absolute atomic E-state index is 0.0541. The van der Waals surface area contributed by atoms with Gasteiger partial charge in [-0.15, -0.1) is 0 Å². The van der Waals surface area contributed by atoms with Gasteiger partial charge in [0.15, 0.2) is 0 Å². The number of hydrogen-bond donors (Lipinski definition) is 1. The molecule has 4 heteroatoms. The average Bonchev–Trinajstić information content (AvgIpc) is 2.44. The van der Waals surface area contributed by atoms with Crippen molar-refractivity contribution < 1.29 is 9.90 Å². The summed E-state index contributed by atoms with van der Waals surface area (Å²) in [6, 6.07) is 7.66. The van der Waals surface area contributed by atoms with Crippen molar-refractivity contribution in [1.29, 1.82) is 0 Å². The number of fused-ring (bicyclic) bond motifs is 1. The second kappa shape index (κ2) is 5.59. The summed E-state index contributed by atoms with van der Waals surface area (Å²) in [6.45, 7) is 5.62. The first-order valence-corrected chi connectivity index (χ1v) is 6.70. The molecular weight excluding hydrogens is 252 g/mol. The van der Waals surface area contributed by atoms with E-state index in [9.17, 15) is 4.79 Å². The zero-order valence-electron chi connectivity index (χ0n) is 12.3. The van der Waals surface area contributed by atoms with Crippen LogP contribution in [-0.2, 0) is 0 Å². The molecule has 0 saturated carbocycles. The minimum Gasteiger partial charge on any atom is -0.394 e. The van der Waals surface area contributed by atoms with Gasteiger partial charge in [0, 0.05) is 12.4 Å². The molecule has 0 bridgehead atoms. The molecular formula is C16H20N2O2. The lowest BCUT2D eigenvalue weighted by Crippen LogP contribution is -2.37. The van der Waals surface area contributed by atoms with Crippen LogP contribution in [0.2, 0.25) is 0 Å². The van der Waals surface area contributed by atoms with E-state index in [1.165, 1.54) is 0 Å². The van der Waals surface area contributed by atoms with Gasteiger partial charge in [0.2, 0.25) is 0 Å². The highest BCUT2D eigenvalue weighted by Crippen LogP contribution is 2.19. The number of benzene rings is 1. The molecule has 1 amide bonds. The number of pyridine rings is 1. The van der Waals surface area contributed by atoms with E-state index >= 15 is 0 Å². The molecule has 0 fully saturated rings. The molecule has 1 aromatic heterocycles. The normalized spacial score (nSPS) is 12.4. The van der Waals surface area contributed by atoms with Gasteiger partial charge >= 0.3 is 0 Å². The van der Waals surface area contributed by atoms with Crippen molar-refractivity contribution in [3.05, 3.63) is 41.1 Å². The summed E-state index contributed by atoms with van der Waals surface area (Å²) in [4.78, 5) is 18.5. The Balaban J connectivity index is 2.47. The van der Waals surface area contributed by atoms with Crippen molar-refractivity contribution in [2.45, 2.75) is 26.8 Å². The minimum atomic E-state index is -0.212. The van der Waals surface area contributed by atoms with Gasteiger partial charge in [-0.2, -0.15) is 0 Å². The molecule has 0 radical (unpaired) electrons. The van der Waals surface area contributed by atoms with Gasteiger partial charge in [0.25, 0.3) is 5.91 Å². The molecule has 0 aliphatic heterocycles. The van der Waals surface area contributed by atoms with Crippen LogP contribution in [0.15, 0.2) is 24.3 Å².